The van der Waals surface area contributed by atoms with Crippen LogP contribution in [-0.4, -0.2) is 32.7 Å². The maximum absolute atomic E-state index is 12.7. The Hall–Kier alpha value is -2.63. The molecule has 0 fully saturated rings. The van der Waals surface area contributed by atoms with Crippen molar-refractivity contribution in [2.24, 2.45) is 5.10 Å². The van der Waals surface area contributed by atoms with Gasteiger partial charge < -0.3 is 5.11 Å². The Morgan fingerprint density at radius 2 is 2.00 bits per heavy atom. The quantitative estimate of drug-likeness (QED) is 0.588. The first-order valence-corrected chi connectivity index (χ1v) is 8.63. The van der Waals surface area contributed by atoms with E-state index in [1.165, 1.54) is 0 Å². The van der Waals surface area contributed by atoms with E-state index in [0.29, 0.717) is 10.4 Å². The Bertz CT molecular complexity index is 1020. The highest BCUT2D eigenvalue weighted by Gasteiger charge is 2.28. The number of hydrogen-bond acceptors (Lipinski definition) is 5. The van der Waals surface area contributed by atoms with Crippen molar-refractivity contribution in [2.75, 3.05) is 0 Å². The van der Waals surface area contributed by atoms with E-state index in [4.69, 9.17) is 5.11 Å². The van der Waals surface area contributed by atoms with Gasteiger partial charge in [0.25, 0.3) is 5.56 Å². The zero-order chi connectivity index (χ0) is 20.5. The maximum atomic E-state index is 12.7. The monoisotopic (exact) mass is 406 g/mol. The van der Waals surface area contributed by atoms with Crippen molar-refractivity contribution < 1.29 is 23.1 Å². The molecule has 2 N–H and O–H groups in total. The molecule has 0 radical (unpaired) electrons. The van der Waals surface area contributed by atoms with Crippen LogP contribution in [-0.2, 0) is 6.54 Å². The lowest BCUT2D eigenvalue weighted by atomic mass is 10.2. The lowest BCUT2D eigenvalue weighted by Crippen LogP contribution is -2.41. The Morgan fingerprint density at radius 1 is 1.37 bits per heavy atom. The first kappa shape index (κ1) is 20.7. The number of nitrogens with zero attached hydrogens (tertiary/aromatic N) is 3. The van der Waals surface area contributed by atoms with Gasteiger partial charge in [-0.2, -0.15) is 18.3 Å². The molecule has 0 aliphatic carbocycles. The van der Waals surface area contributed by atoms with Crippen molar-refractivity contribution in [1.29, 1.82) is 0 Å². The molecule has 0 unspecified atom stereocenters. The molecule has 8 nitrogen and oxygen atoms in total. The fourth-order valence-corrected chi connectivity index (χ4v) is 3.73. The summed E-state index contributed by atoms with van der Waals surface area (Å²) in [5, 5.41) is 12.1. The molecule has 27 heavy (non-hydrogen) atoms. The minimum Gasteiger partial charge on any atom is -0.464 e. The van der Waals surface area contributed by atoms with Gasteiger partial charge in [-0.3, -0.25) is 13.9 Å². The van der Waals surface area contributed by atoms with E-state index in [1.54, 1.807) is 26.2 Å². The van der Waals surface area contributed by atoms with Crippen molar-refractivity contribution in [2.45, 2.75) is 46.0 Å². The lowest BCUT2D eigenvalue weighted by Gasteiger charge is -2.15. The molecule has 2 heterocycles. The number of carbonyl (C=O) groups is 1. The normalized spacial score (nSPS) is 12.4. The average Bonchev–Trinajstić information content (AvgIpc) is 2.82. The van der Waals surface area contributed by atoms with Crippen LogP contribution >= 0.6 is 11.3 Å². The van der Waals surface area contributed by atoms with Gasteiger partial charge in [0.15, 0.2) is 0 Å². The first-order valence-electron chi connectivity index (χ1n) is 7.81. The summed E-state index contributed by atoms with van der Waals surface area (Å²) >= 11 is 0.902. The average molecular weight is 406 g/mol. The van der Waals surface area contributed by atoms with Crippen LogP contribution in [0.3, 0.4) is 0 Å². The third-order valence-electron chi connectivity index (χ3n) is 3.76. The van der Waals surface area contributed by atoms with Crippen LogP contribution in [0.15, 0.2) is 14.7 Å². The smallest absolute Gasteiger partial charge is 0.425 e. The molecule has 2 aromatic heterocycles. The minimum atomic E-state index is -4.47. The summed E-state index contributed by atoms with van der Waals surface area (Å²) in [5.74, 6) is 0. The highest BCUT2D eigenvalue weighted by molar-refractivity contribution is 7.20. The van der Waals surface area contributed by atoms with Crippen LogP contribution in [0, 0.1) is 6.92 Å². The second kappa shape index (κ2) is 7.55. The molecule has 0 aliphatic rings. The van der Waals surface area contributed by atoms with E-state index >= 15 is 0 Å². The number of nitrogens with one attached hydrogen (secondary N) is 1. The van der Waals surface area contributed by atoms with Crippen LogP contribution in [0.2, 0.25) is 0 Å². The summed E-state index contributed by atoms with van der Waals surface area (Å²) in [7, 11) is 0. The maximum Gasteiger partial charge on any atom is 0.425 e. The molecule has 0 atom stereocenters. The Labute approximate surface area is 154 Å². The van der Waals surface area contributed by atoms with Gasteiger partial charge in [0.05, 0.1) is 22.9 Å². The third kappa shape index (κ3) is 4.38. The first-order chi connectivity index (χ1) is 12.4. The molecule has 12 heteroatoms. The fraction of sp³-hybridized carbons (Fsp3) is 0.467. The van der Waals surface area contributed by atoms with Gasteiger partial charge in [0, 0.05) is 12.6 Å². The van der Waals surface area contributed by atoms with Crippen molar-refractivity contribution >= 4 is 33.9 Å². The predicted molar refractivity (Wildman–Crippen MR) is 94.9 cm³/mol. The number of aromatic nitrogens is 2. The molecular formula is C15H17F3N4O4S. The minimum absolute atomic E-state index is 0.0976. The van der Waals surface area contributed by atoms with Crippen LogP contribution in [0.5, 0.6) is 0 Å². The highest BCUT2D eigenvalue weighted by atomic mass is 32.1. The topological polar surface area (TPSA) is 106 Å². The van der Waals surface area contributed by atoms with Crippen molar-refractivity contribution in [1.82, 2.24) is 14.6 Å². The Balaban J connectivity index is 2.74. The molecular weight excluding hydrogens is 389 g/mol. The second-order valence-corrected chi connectivity index (χ2v) is 7.05. The Morgan fingerprint density at radius 3 is 2.52 bits per heavy atom. The molecule has 0 saturated carbocycles. The van der Waals surface area contributed by atoms with Crippen LogP contribution in [0.25, 0.3) is 10.2 Å². The second-order valence-electron chi connectivity index (χ2n) is 6.01. The fourth-order valence-electron chi connectivity index (χ4n) is 2.54. The van der Waals surface area contributed by atoms with E-state index in [9.17, 15) is 27.6 Å². The van der Waals surface area contributed by atoms with Gasteiger partial charge in [-0.1, -0.05) is 0 Å². The van der Waals surface area contributed by atoms with Gasteiger partial charge in [-0.05, 0) is 26.3 Å². The zero-order valence-corrected chi connectivity index (χ0v) is 15.4. The molecule has 0 bridgehead atoms. The van der Waals surface area contributed by atoms with Gasteiger partial charge in [0.1, 0.15) is 4.83 Å². The number of hydrogen-bond donors (Lipinski definition) is 2. The van der Waals surface area contributed by atoms with Gasteiger partial charge in [-0.25, -0.2) is 15.0 Å². The number of halogens is 3. The van der Waals surface area contributed by atoms with Crippen LogP contribution < -0.4 is 16.7 Å². The van der Waals surface area contributed by atoms with E-state index in [0.717, 1.165) is 26.7 Å². The zero-order valence-electron chi connectivity index (χ0n) is 14.6. The van der Waals surface area contributed by atoms with Crippen molar-refractivity contribution in [3.05, 3.63) is 31.3 Å². The molecule has 1 amide bonds. The SMILES string of the molecule is Cc1c(C=NNC(=O)O)sc2c1c(=O)n(C(C)C)c(=O)n2CCC(F)(F)F. The summed E-state index contributed by atoms with van der Waals surface area (Å²) in [6, 6.07) is -0.545. The molecule has 0 aromatic carbocycles. The van der Waals surface area contributed by atoms with Crippen LogP contribution in [0.4, 0.5) is 18.0 Å². The lowest BCUT2D eigenvalue weighted by molar-refractivity contribution is -0.136. The number of aryl methyl sites for hydroxylation is 2. The highest BCUT2D eigenvalue weighted by Crippen LogP contribution is 2.28. The third-order valence-corrected chi connectivity index (χ3v) is 5.01. The number of amides is 1. The summed E-state index contributed by atoms with van der Waals surface area (Å²) in [6.07, 6.45) is -5.94. The van der Waals surface area contributed by atoms with E-state index < -0.39 is 42.5 Å². The molecule has 148 valence electrons. The van der Waals surface area contributed by atoms with Gasteiger partial charge in [0.2, 0.25) is 0 Å². The van der Waals surface area contributed by atoms with Gasteiger partial charge in [-0.15, -0.1) is 11.3 Å². The largest absolute Gasteiger partial charge is 0.464 e. The summed E-state index contributed by atoms with van der Waals surface area (Å²) in [6.45, 7) is 4.11. The predicted octanol–water partition coefficient (Wildman–Crippen LogP) is 2.67. The molecule has 2 aromatic rings. The number of alkyl halides is 3. The standard InChI is InChI=1S/C15H17F3N4O4S/c1-7(2)22-11(23)10-8(3)9(6-19-20-13(24)25)27-12(10)21(14(22)26)5-4-15(16,17)18/h6-7,20H,4-5H2,1-3H3,(H,24,25). The molecule has 2 rings (SSSR count). The van der Waals surface area contributed by atoms with Gasteiger partial charge >= 0.3 is 18.0 Å². The van der Waals surface area contributed by atoms with E-state index in [1.807, 2.05) is 0 Å². The Kier molecular flexibility index (Phi) is 5.78. The number of rotatable bonds is 5. The molecule has 0 saturated heterocycles. The molecule has 0 aliphatic heterocycles. The van der Waals surface area contributed by atoms with Crippen molar-refractivity contribution in [3.8, 4) is 0 Å². The van der Waals surface area contributed by atoms with Crippen molar-refractivity contribution in [3.63, 3.8) is 0 Å². The van der Waals surface area contributed by atoms with E-state index in [-0.39, 0.29) is 10.2 Å². The summed E-state index contributed by atoms with van der Waals surface area (Å²) < 4.78 is 39.9. The van der Waals surface area contributed by atoms with Crippen LogP contribution in [0.1, 0.15) is 36.8 Å². The summed E-state index contributed by atoms with van der Waals surface area (Å²) in [4.78, 5) is 36.3. The summed E-state index contributed by atoms with van der Waals surface area (Å²) in [5.41, 5.74) is 0.758. The number of carboxylic acid groups (broad SMARTS) is 1. The number of hydrazone groups is 1. The number of thiophene rings is 1. The number of fused-ring (bicyclic) bond motifs is 1. The van der Waals surface area contributed by atoms with E-state index in [2.05, 4.69) is 5.10 Å². The molecule has 0 spiro atoms.